The Morgan fingerprint density at radius 2 is 2.50 bits per heavy atom. The molecule has 1 amide bonds. The minimum Gasteiger partial charge on any atom is -0.338 e. The number of hydrogen-bond acceptors (Lipinski definition) is 3. The van der Waals surface area contributed by atoms with Crippen LogP contribution in [-0.2, 0) is 7.05 Å². The molecule has 0 bridgehead atoms. The van der Waals surface area contributed by atoms with Gasteiger partial charge in [-0.3, -0.25) is 9.89 Å². The zero-order valence-corrected chi connectivity index (χ0v) is 7.56. The van der Waals surface area contributed by atoms with Crippen LogP contribution in [-0.4, -0.2) is 25.7 Å². The van der Waals surface area contributed by atoms with E-state index in [0.717, 1.165) is 0 Å². The third kappa shape index (κ3) is 1.63. The highest BCUT2D eigenvalue weighted by molar-refractivity contribution is 6.02. The fourth-order valence-electron chi connectivity index (χ4n) is 1.04. The number of carbonyl (C=O) groups is 1. The van der Waals surface area contributed by atoms with Gasteiger partial charge in [0.05, 0.1) is 6.33 Å². The number of nitrogens with zero attached hydrogens (tertiary/aromatic N) is 3. The van der Waals surface area contributed by atoms with E-state index in [1.54, 1.807) is 23.2 Å². The Bertz CT molecular complexity index is 430. The number of nitrogens with one attached hydrogen (secondary N) is 2. The van der Waals surface area contributed by atoms with Crippen molar-refractivity contribution >= 4 is 11.7 Å². The largest absolute Gasteiger partial charge is 0.338 e. The smallest absolute Gasteiger partial charge is 0.274 e. The molecule has 0 unspecified atom stereocenters. The Labute approximate surface area is 80.0 Å². The fourth-order valence-corrected chi connectivity index (χ4v) is 1.04. The molecular weight excluding hydrogens is 182 g/mol. The summed E-state index contributed by atoms with van der Waals surface area (Å²) in [6.45, 7) is 0. The highest BCUT2D eigenvalue weighted by Gasteiger charge is 2.07. The first-order chi connectivity index (χ1) is 6.75. The molecule has 6 heteroatoms. The first-order valence-corrected chi connectivity index (χ1v) is 4.04. The zero-order valence-electron chi connectivity index (χ0n) is 7.56. The molecule has 0 aliphatic carbocycles. The van der Waals surface area contributed by atoms with Gasteiger partial charge < -0.3 is 9.88 Å². The van der Waals surface area contributed by atoms with Gasteiger partial charge in [0.1, 0.15) is 5.69 Å². The van der Waals surface area contributed by atoms with E-state index in [0.29, 0.717) is 11.5 Å². The molecule has 2 rings (SSSR count). The number of carbonyl (C=O) groups excluding carboxylic acids is 1. The summed E-state index contributed by atoms with van der Waals surface area (Å²) >= 11 is 0. The van der Waals surface area contributed by atoms with Crippen LogP contribution in [0.1, 0.15) is 10.5 Å². The summed E-state index contributed by atoms with van der Waals surface area (Å²) in [6, 6.07) is 1.60. The van der Waals surface area contributed by atoms with Crippen LogP contribution in [0.25, 0.3) is 0 Å². The molecule has 6 nitrogen and oxygen atoms in total. The average Bonchev–Trinajstić information content (AvgIpc) is 2.75. The number of aromatic nitrogens is 4. The quantitative estimate of drug-likeness (QED) is 0.721. The molecule has 2 aromatic rings. The van der Waals surface area contributed by atoms with Crippen molar-refractivity contribution in [2.75, 3.05) is 5.32 Å². The lowest BCUT2D eigenvalue weighted by Gasteiger charge is -1.97. The minimum absolute atomic E-state index is 0.249. The Morgan fingerprint density at radius 3 is 3.07 bits per heavy atom. The summed E-state index contributed by atoms with van der Waals surface area (Å²) in [5.41, 5.74) is 0.413. The summed E-state index contributed by atoms with van der Waals surface area (Å²) in [5.74, 6) is 0.272. The summed E-state index contributed by atoms with van der Waals surface area (Å²) in [4.78, 5) is 15.4. The number of imidazole rings is 1. The summed E-state index contributed by atoms with van der Waals surface area (Å²) in [6.07, 6.45) is 4.85. The Hall–Kier alpha value is -2.11. The Kier molecular flexibility index (Phi) is 2.02. The van der Waals surface area contributed by atoms with Crippen molar-refractivity contribution in [3.8, 4) is 0 Å². The van der Waals surface area contributed by atoms with Crippen LogP contribution in [0.2, 0.25) is 0 Å². The normalized spacial score (nSPS) is 10.1. The van der Waals surface area contributed by atoms with Crippen molar-refractivity contribution in [2.45, 2.75) is 0 Å². The van der Waals surface area contributed by atoms with Crippen LogP contribution in [0, 0.1) is 0 Å². The van der Waals surface area contributed by atoms with Crippen LogP contribution in [0.3, 0.4) is 0 Å². The van der Waals surface area contributed by atoms with Gasteiger partial charge in [0.25, 0.3) is 5.91 Å². The molecule has 2 aromatic heterocycles. The second-order valence-corrected chi connectivity index (χ2v) is 2.85. The highest BCUT2D eigenvalue weighted by Crippen LogP contribution is 2.03. The summed E-state index contributed by atoms with van der Waals surface area (Å²) in [5, 5.41) is 8.87. The number of hydrogen-bond donors (Lipinski definition) is 2. The van der Waals surface area contributed by atoms with Gasteiger partial charge in [0, 0.05) is 19.4 Å². The second kappa shape index (κ2) is 3.33. The van der Waals surface area contributed by atoms with Crippen molar-refractivity contribution in [3.05, 3.63) is 30.5 Å². The molecular formula is C8H9N5O. The van der Waals surface area contributed by atoms with Crippen LogP contribution < -0.4 is 5.32 Å². The van der Waals surface area contributed by atoms with E-state index >= 15 is 0 Å². The molecule has 0 aliphatic rings. The van der Waals surface area contributed by atoms with Crippen LogP contribution in [0.4, 0.5) is 5.82 Å². The lowest BCUT2D eigenvalue weighted by Crippen LogP contribution is -2.12. The van der Waals surface area contributed by atoms with Crippen molar-refractivity contribution < 1.29 is 4.79 Å². The maximum Gasteiger partial charge on any atom is 0.274 e. The van der Waals surface area contributed by atoms with Gasteiger partial charge in [0.2, 0.25) is 0 Å². The molecule has 2 heterocycles. The fraction of sp³-hybridized carbons (Fsp3) is 0.125. The van der Waals surface area contributed by atoms with Gasteiger partial charge in [-0.15, -0.1) is 0 Å². The van der Waals surface area contributed by atoms with E-state index in [9.17, 15) is 4.79 Å². The number of H-pyrrole nitrogens is 1. The predicted molar refractivity (Wildman–Crippen MR) is 49.7 cm³/mol. The van der Waals surface area contributed by atoms with Gasteiger partial charge in [-0.05, 0) is 6.07 Å². The lowest BCUT2D eigenvalue weighted by molar-refractivity contribution is 0.102. The van der Waals surface area contributed by atoms with Gasteiger partial charge in [0.15, 0.2) is 5.82 Å². The SMILES string of the molecule is Cn1cnc(NC(=O)c2ccn[nH]2)c1. The van der Waals surface area contributed by atoms with E-state index in [4.69, 9.17) is 0 Å². The minimum atomic E-state index is -0.249. The molecule has 0 aromatic carbocycles. The van der Waals surface area contributed by atoms with Crippen molar-refractivity contribution in [2.24, 2.45) is 7.05 Å². The maximum absolute atomic E-state index is 11.5. The molecule has 0 spiro atoms. The highest BCUT2D eigenvalue weighted by atomic mass is 16.2. The van der Waals surface area contributed by atoms with Gasteiger partial charge in [-0.25, -0.2) is 4.98 Å². The summed E-state index contributed by atoms with van der Waals surface area (Å²) < 4.78 is 1.75. The molecule has 0 atom stereocenters. The van der Waals surface area contributed by atoms with Gasteiger partial charge in [-0.1, -0.05) is 0 Å². The van der Waals surface area contributed by atoms with Crippen LogP contribution >= 0.6 is 0 Å². The second-order valence-electron chi connectivity index (χ2n) is 2.85. The van der Waals surface area contributed by atoms with E-state index < -0.39 is 0 Å². The van der Waals surface area contributed by atoms with Crippen molar-refractivity contribution in [1.82, 2.24) is 19.7 Å². The Balaban J connectivity index is 2.09. The molecule has 0 saturated heterocycles. The third-order valence-electron chi connectivity index (χ3n) is 1.69. The third-order valence-corrected chi connectivity index (χ3v) is 1.69. The molecule has 0 aliphatic heterocycles. The van der Waals surface area contributed by atoms with E-state index in [1.165, 1.54) is 6.20 Å². The van der Waals surface area contributed by atoms with E-state index in [-0.39, 0.29) is 5.91 Å². The summed E-state index contributed by atoms with van der Waals surface area (Å²) in [7, 11) is 1.83. The average molecular weight is 191 g/mol. The molecule has 2 N–H and O–H groups in total. The monoisotopic (exact) mass is 191 g/mol. The van der Waals surface area contributed by atoms with Crippen LogP contribution in [0.15, 0.2) is 24.8 Å². The topological polar surface area (TPSA) is 75.6 Å². The number of amides is 1. The molecule has 0 fully saturated rings. The predicted octanol–water partition coefficient (Wildman–Crippen LogP) is 0.395. The number of aromatic amines is 1. The first-order valence-electron chi connectivity index (χ1n) is 4.04. The van der Waals surface area contributed by atoms with Crippen molar-refractivity contribution in [1.29, 1.82) is 0 Å². The number of aryl methyl sites for hydroxylation is 1. The molecule has 72 valence electrons. The van der Waals surface area contributed by atoms with Gasteiger partial charge >= 0.3 is 0 Å². The van der Waals surface area contributed by atoms with Crippen molar-refractivity contribution in [3.63, 3.8) is 0 Å². The van der Waals surface area contributed by atoms with Crippen LogP contribution in [0.5, 0.6) is 0 Å². The standard InChI is InChI=1S/C8H9N5O/c1-13-4-7(9-5-13)11-8(14)6-2-3-10-12-6/h2-5H,1H3,(H,10,12)(H,11,14). The molecule has 0 radical (unpaired) electrons. The Morgan fingerprint density at radius 1 is 1.64 bits per heavy atom. The molecule has 0 saturated carbocycles. The lowest BCUT2D eigenvalue weighted by atomic mass is 10.4. The number of anilines is 1. The maximum atomic E-state index is 11.5. The van der Waals surface area contributed by atoms with Gasteiger partial charge in [-0.2, -0.15) is 5.10 Å². The first kappa shape index (κ1) is 8.49. The zero-order chi connectivity index (χ0) is 9.97. The molecule has 14 heavy (non-hydrogen) atoms. The van der Waals surface area contributed by atoms with E-state index in [1.807, 2.05) is 7.05 Å². The van der Waals surface area contributed by atoms with E-state index in [2.05, 4.69) is 20.5 Å². The number of rotatable bonds is 2.